The number of rotatable bonds is 4. The Balaban J connectivity index is 1.57. The first-order valence-electron chi connectivity index (χ1n) is 7.01. The van der Waals surface area contributed by atoms with E-state index < -0.39 is 0 Å². The monoisotopic (exact) mass is 301 g/mol. The molecular weight excluding hydrogens is 286 g/mol. The van der Waals surface area contributed by atoms with Crippen LogP contribution in [0.1, 0.15) is 12.3 Å². The predicted molar refractivity (Wildman–Crippen MR) is 75.4 cm³/mol. The van der Waals surface area contributed by atoms with E-state index in [-0.39, 0.29) is 24.8 Å². The van der Waals surface area contributed by atoms with E-state index in [0.717, 1.165) is 0 Å². The summed E-state index contributed by atoms with van der Waals surface area (Å²) in [5.74, 6) is 0.568. The van der Waals surface area contributed by atoms with Crippen LogP contribution in [0.3, 0.4) is 0 Å². The number of aromatic nitrogens is 3. The fraction of sp³-hybridized carbons (Fsp3) is 0.357. The molecule has 1 N–H and O–H groups in total. The van der Waals surface area contributed by atoms with Crippen LogP contribution < -0.4 is 5.32 Å². The first-order valence-corrected chi connectivity index (χ1v) is 7.01. The molecule has 0 aromatic carbocycles. The van der Waals surface area contributed by atoms with Gasteiger partial charge in [-0.15, -0.1) is 0 Å². The maximum Gasteiger partial charge on any atom is 0.239 e. The fourth-order valence-corrected chi connectivity index (χ4v) is 2.18. The Kier molecular flexibility index (Phi) is 4.08. The van der Waals surface area contributed by atoms with E-state index in [4.69, 9.17) is 4.52 Å². The van der Waals surface area contributed by atoms with E-state index in [0.29, 0.717) is 36.9 Å². The van der Waals surface area contributed by atoms with E-state index in [1.54, 1.807) is 18.3 Å². The van der Waals surface area contributed by atoms with Crippen LogP contribution in [-0.2, 0) is 16.0 Å². The van der Waals surface area contributed by atoms with Gasteiger partial charge in [0.15, 0.2) is 0 Å². The molecule has 3 heterocycles. The number of aryl methyl sites for hydroxylation is 1. The molecule has 1 saturated heterocycles. The van der Waals surface area contributed by atoms with Gasteiger partial charge in [0.05, 0.1) is 6.54 Å². The highest BCUT2D eigenvalue weighted by atomic mass is 16.5. The Morgan fingerprint density at radius 2 is 2.32 bits per heavy atom. The summed E-state index contributed by atoms with van der Waals surface area (Å²) in [6.07, 6.45) is 2.23. The Bertz CT molecular complexity index is 670. The summed E-state index contributed by atoms with van der Waals surface area (Å²) < 4.78 is 5.13. The van der Waals surface area contributed by atoms with Gasteiger partial charge >= 0.3 is 0 Å². The molecule has 0 radical (unpaired) electrons. The van der Waals surface area contributed by atoms with Crippen LogP contribution in [0.25, 0.3) is 11.5 Å². The number of nitrogens with one attached hydrogen (secondary N) is 1. The Hall–Kier alpha value is -2.77. The van der Waals surface area contributed by atoms with Crippen molar-refractivity contribution in [2.24, 2.45) is 0 Å². The second kappa shape index (κ2) is 6.33. The van der Waals surface area contributed by atoms with Crippen LogP contribution in [-0.4, -0.2) is 51.5 Å². The van der Waals surface area contributed by atoms with Crippen LogP contribution in [0.5, 0.6) is 0 Å². The van der Waals surface area contributed by atoms with Gasteiger partial charge in [-0.1, -0.05) is 11.2 Å². The van der Waals surface area contributed by atoms with Crippen LogP contribution >= 0.6 is 0 Å². The second-order valence-electron chi connectivity index (χ2n) is 4.89. The first kappa shape index (κ1) is 14.2. The minimum atomic E-state index is -0.130. The molecule has 114 valence electrons. The summed E-state index contributed by atoms with van der Waals surface area (Å²) in [5.41, 5.74) is 0.622. The highest BCUT2D eigenvalue weighted by Gasteiger charge is 2.21. The lowest BCUT2D eigenvalue weighted by Gasteiger charge is -2.26. The minimum Gasteiger partial charge on any atom is -0.353 e. The summed E-state index contributed by atoms with van der Waals surface area (Å²) in [6, 6.07) is 5.42. The lowest BCUT2D eigenvalue weighted by Crippen LogP contribution is -2.50. The molecule has 0 atom stereocenters. The second-order valence-corrected chi connectivity index (χ2v) is 4.89. The van der Waals surface area contributed by atoms with Gasteiger partial charge < -0.3 is 14.7 Å². The van der Waals surface area contributed by atoms with Crippen molar-refractivity contribution < 1.29 is 14.1 Å². The van der Waals surface area contributed by atoms with Crippen LogP contribution in [0.2, 0.25) is 0 Å². The van der Waals surface area contributed by atoms with E-state index in [2.05, 4.69) is 20.4 Å². The molecule has 1 aliphatic rings. The zero-order valence-electron chi connectivity index (χ0n) is 11.9. The van der Waals surface area contributed by atoms with Crippen molar-refractivity contribution in [3.63, 3.8) is 0 Å². The van der Waals surface area contributed by atoms with Gasteiger partial charge in [0.1, 0.15) is 5.69 Å². The number of hydrogen-bond donors (Lipinski definition) is 1. The standard InChI is InChI=1S/C14H15N5O3/c20-11-9-19(8-7-16-11)13(21)5-4-12-17-14(18-22-12)10-3-1-2-6-15-10/h1-3,6H,4-5,7-9H2,(H,16,20). The number of pyridine rings is 1. The smallest absolute Gasteiger partial charge is 0.239 e. The average Bonchev–Trinajstić information content (AvgIpc) is 3.02. The number of carbonyl (C=O) groups excluding carboxylic acids is 2. The quantitative estimate of drug-likeness (QED) is 0.854. The van der Waals surface area contributed by atoms with Gasteiger partial charge in [-0.3, -0.25) is 14.6 Å². The Labute approximate surface area is 126 Å². The number of carbonyl (C=O) groups is 2. The molecule has 22 heavy (non-hydrogen) atoms. The molecule has 1 aliphatic heterocycles. The van der Waals surface area contributed by atoms with Crippen molar-refractivity contribution in [1.29, 1.82) is 0 Å². The molecule has 2 aromatic rings. The summed E-state index contributed by atoms with van der Waals surface area (Å²) in [6.45, 7) is 1.14. The van der Waals surface area contributed by atoms with Crippen molar-refractivity contribution in [2.75, 3.05) is 19.6 Å². The van der Waals surface area contributed by atoms with E-state index in [9.17, 15) is 9.59 Å². The SMILES string of the molecule is O=C1CN(C(=O)CCc2nc(-c3ccccn3)no2)CCN1. The van der Waals surface area contributed by atoms with Gasteiger partial charge in [0.2, 0.25) is 23.5 Å². The van der Waals surface area contributed by atoms with E-state index in [1.165, 1.54) is 4.90 Å². The Morgan fingerprint density at radius 1 is 1.41 bits per heavy atom. The molecule has 2 amide bonds. The first-order chi connectivity index (χ1) is 10.7. The lowest BCUT2D eigenvalue weighted by molar-refractivity contribution is -0.138. The summed E-state index contributed by atoms with van der Waals surface area (Å²) in [7, 11) is 0. The summed E-state index contributed by atoms with van der Waals surface area (Å²) in [4.78, 5) is 33.2. The molecule has 0 bridgehead atoms. The maximum atomic E-state index is 12.0. The fourth-order valence-electron chi connectivity index (χ4n) is 2.18. The van der Waals surface area contributed by atoms with Crippen molar-refractivity contribution >= 4 is 11.8 Å². The molecule has 3 rings (SSSR count). The third kappa shape index (κ3) is 3.27. The van der Waals surface area contributed by atoms with Gasteiger partial charge in [-0.05, 0) is 12.1 Å². The van der Waals surface area contributed by atoms with Gasteiger partial charge in [-0.2, -0.15) is 4.98 Å². The highest BCUT2D eigenvalue weighted by Crippen LogP contribution is 2.13. The minimum absolute atomic E-state index is 0.0903. The van der Waals surface area contributed by atoms with Crippen LogP contribution in [0.4, 0.5) is 0 Å². The molecule has 0 spiro atoms. The van der Waals surface area contributed by atoms with E-state index >= 15 is 0 Å². The third-order valence-corrected chi connectivity index (χ3v) is 3.31. The van der Waals surface area contributed by atoms with Crippen molar-refractivity contribution in [3.05, 3.63) is 30.3 Å². The number of piperazine rings is 1. The van der Waals surface area contributed by atoms with Gasteiger partial charge in [-0.25, -0.2) is 0 Å². The molecule has 0 unspecified atom stereocenters. The maximum absolute atomic E-state index is 12.0. The predicted octanol–water partition coefficient (Wildman–Crippen LogP) is 0.0226. The van der Waals surface area contributed by atoms with Crippen molar-refractivity contribution in [1.82, 2.24) is 25.3 Å². The van der Waals surface area contributed by atoms with Crippen molar-refractivity contribution in [3.8, 4) is 11.5 Å². The zero-order valence-corrected chi connectivity index (χ0v) is 11.9. The molecule has 8 heteroatoms. The lowest BCUT2D eigenvalue weighted by atomic mass is 10.2. The van der Waals surface area contributed by atoms with Crippen LogP contribution in [0, 0.1) is 0 Å². The van der Waals surface area contributed by atoms with Crippen molar-refractivity contribution in [2.45, 2.75) is 12.8 Å². The summed E-state index contributed by atoms with van der Waals surface area (Å²) >= 11 is 0. The highest BCUT2D eigenvalue weighted by molar-refractivity contribution is 5.85. The third-order valence-electron chi connectivity index (χ3n) is 3.31. The molecule has 2 aromatic heterocycles. The topological polar surface area (TPSA) is 101 Å². The van der Waals surface area contributed by atoms with E-state index in [1.807, 2.05) is 6.07 Å². The number of amides is 2. The average molecular weight is 301 g/mol. The zero-order chi connectivity index (χ0) is 15.4. The molecular formula is C14H15N5O3. The van der Waals surface area contributed by atoms with Crippen LogP contribution in [0.15, 0.2) is 28.9 Å². The van der Waals surface area contributed by atoms with Gasteiger partial charge in [0.25, 0.3) is 0 Å². The number of nitrogens with zero attached hydrogens (tertiary/aromatic N) is 4. The number of hydrogen-bond acceptors (Lipinski definition) is 6. The molecule has 0 saturated carbocycles. The van der Waals surface area contributed by atoms with Gasteiger partial charge in [0, 0.05) is 32.1 Å². The molecule has 0 aliphatic carbocycles. The Morgan fingerprint density at radius 3 is 3.09 bits per heavy atom. The normalized spacial score (nSPS) is 14.7. The molecule has 8 nitrogen and oxygen atoms in total. The molecule has 1 fully saturated rings. The summed E-state index contributed by atoms with van der Waals surface area (Å²) in [5, 5.41) is 6.53. The largest absolute Gasteiger partial charge is 0.353 e.